The minimum absolute atomic E-state index is 0.856. The highest BCUT2D eigenvalue weighted by atomic mass is 15.1. The number of allylic oxidation sites excluding steroid dienone is 1. The molecule has 0 bridgehead atoms. The fourth-order valence-corrected chi connectivity index (χ4v) is 1.61. The van der Waals surface area contributed by atoms with Crippen molar-refractivity contribution in [1.82, 2.24) is 4.98 Å². The molecule has 0 fully saturated rings. The summed E-state index contributed by atoms with van der Waals surface area (Å²) in [6.45, 7) is 0. The molecule has 0 amide bonds. The summed E-state index contributed by atoms with van der Waals surface area (Å²) in [7, 11) is 0. The second kappa shape index (κ2) is 2.36. The van der Waals surface area contributed by atoms with Gasteiger partial charge < -0.3 is 0 Å². The molecule has 0 atom stereocenters. The molecule has 1 aliphatic heterocycles. The third kappa shape index (κ3) is 0.935. The zero-order valence-corrected chi connectivity index (χ0v) is 6.94. The van der Waals surface area contributed by atoms with E-state index in [1.165, 1.54) is 5.57 Å². The van der Waals surface area contributed by atoms with Crippen molar-refractivity contribution in [2.75, 3.05) is 0 Å². The van der Waals surface area contributed by atoms with Gasteiger partial charge in [0.15, 0.2) is 0 Å². The average molecular weight is 169 g/mol. The maximum Gasteiger partial charge on any atom is 0.0915 e. The lowest BCUT2D eigenvalue weighted by atomic mass is 9.97. The molecule has 3 nitrogen and oxygen atoms in total. The molecule has 0 saturated carbocycles. The molecule has 0 saturated heterocycles. The first-order valence-electron chi connectivity index (χ1n) is 4.19. The van der Waals surface area contributed by atoms with Crippen LogP contribution >= 0.6 is 0 Å². The van der Waals surface area contributed by atoms with E-state index < -0.39 is 0 Å². The standard InChI is InChI=1S/C10H7N3/c1-2-7-4-10-8(6-12-13-10)5-9(7)11-3-1/h1-4,6H,5H2. The summed E-state index contributed by atoms with van der Waals surface area (Å²) in [5.41, 5.74) is 4.44. The largest absolute Gasteiger partial charge is 0.260 e. The van der Waals surface area contributed by atoms with Crippen LogP contribution in [0, 0.1) is 0 Å². The Morgan fingerprint density at radius 2 is 2.31 bits per heavy atom. The van der Waals surface area contributed by atoms with Crippen LogP contribution in [0.5, 0.6) is 0 Å². The summed E-state index contributed by atoms with van der Waals surface area (Å²) in [4.78, 5) is 4.31. The summed E-state index contributed by atoms with van der Waals surface area (Å²) in [5, 5.41) is 7.90. The lowest BCUT2D eigenvalue weighted by Gasteiger charge is -2.11. The molecule has 0 N–H and O–H groups in total. The Labute approximate surface area is 75.5 Å². The van der Waals surface area contributed by atoms with Crippen molar-refractivity contribution < 1.29 is 0 Å². The van der Waals surface area contributed by atoms with E-state index >= 15 is 0 Å². The molecule has 1 aromatic heterocycles. The average Bonchev–Trinajstić information content (AvgIpc) is 2.61. The van der Waals surface area contributed by atoms with Crippen molar-refractivity contribution in [3.05, 3.63) is 47.1 Å². The van der Waals surface area contributed by atoms with Crippen molar-refractivity contribution in [3.8, 4) is 0 Å². The Hall–Kier alpha value is -1.77. The van der Waals surface area contributed by atoms with Crippen LogP contribution in [0.1, 0.15) is 11.3 Å². The Bertz CT molecular complexity index is 455. The molecule has 0 radical (unpaired) electrons. The fraction of sp³-hybridized carbons (Fsp3) is 0.100. The van der Waals surface area contributed by atoms with Crippen molar-refractivity contribution in [1.29, 1.82) is 0 Å². The molecule has 2 heterocycles. The van der Waals surface area contributed by atoms with Gasteiger partial charge in [0.1, 0.15) is 0 Å². The van der Waals surface area contributed by atoms with Gasteiger partial charge in [-0.25, -0.2) is 0 Å². The second-order valence-corrected chi connectivity index (χ2v) is 3.12. The van der Waals surface area contributed by atoms with Gasteiger partial charge in [-0.05, 0) is 17.7 Å². The van der Waals surface area contributed by atoms with Crippen LogP contribution in [-0.2, 0) is 6.42 Å². The van der Waals surface area contributed by atoms with Gasteiger partial charge in [-0.3, -0.25) is 4.98 Å². The minimum Gasteiger partial charge on any atom is -0.260 e. The van der Waals surface area contributed by atoms with E-state index in [1.807, 2.05) is 24.5 Å². The normalized spacial score (nSPS) is 17.5. The Balaban J connectivity index is 2.21. The highest BCUT2D eigenvalue weighted by molar-refractivity contribution is 5.65. The first-order valence-corrected chi connectivity index (χ1v) is 4.19. The highest BCUT2D eigenvalue weighted by Gasteiger charge is 2.18. The van der Waals surface area contributed by atoms with Crippen LogP contribution in [0.3, 0.4) is 0 Å². The predicted molar refractivity (Wildman–Crippen MR) is 48.9 cm³/mol. The quantitative estimate of drug-likeness (QED) is 0.587. The van der Waals surface area contributed by atoms with E-state index in [2.05, 4.69) is 21.3 Å². The number of hydrogen-bond acceptors (Lipinski definition) is 3. The molecule has 2 aliphatic rings. The monoisotopic (exact) mass is 169 g/mol. The Morgan fingerprint density at radius 3 is 3.31 bits per heavy atom. The fourth-order valence-electron chi connectivity index (χ4n) is 1.61. The van der Waals surface area contributed by atoms with Crippen LogP contribution < -0.4 is 0 Å². The number of azo groups is 1. The second-order valence-electron chi connectivity index (χ2n) is 3.12. The number of nitrogens with zero attached hydrogens (tertiary/aromatic N) is 3. The molecule has 1 aliphatic carbocycles. The SMILES string of the molecule is C1=C2Cc3ncccc3C=C2N=N1. The van der Waals surface area contributed by atoms with Crippen LogP contribution in [0.15, 0.2) is 46.0 Å². The zero-order chi connectivity index (χ0) is 8.67. The first-order chi connectivity index (χ1) is 6.43. The van der Waals surface area contributed by atoms with Gasteiger partial charge in [0, 0.05) is 18.2 Å². The van der Waals surface area contributed by atoms with Crippen LogP contribution in [0.2, 0.25) is 0 Å². The molecule has 13 heavy (non-hydrogen) atoms. The van der Waals surface area contributed by atoms with Crippen molar-refractivity contribution in [2.45, 2.75) is 6.42 Å². The lowest BCUT2D eigenvalue weighted by Crippen LogP contribution is -2.02. The zero-order valence-electron chi connectivity index (χ0n) is 6.94. The molecule has 1 aromatic rings. The summed E-state index contributed by atoms with van der Waals surface area (Å²) >= 11 is 0. The van der Waals surface area contributed by atoms with Crippen molar-refractivity contribution >= 4 is 6.08 Å². The summed E-state index contributed by atoms with van der Waals surface area (Å²) in [5.74, 6) is 0. The van der Waals surface area contributed by atoms with E-state index in [4.69, 9.17) is 0 Å². The molecule has 0 spiro atoms. The van der Waals surface area contributed by atoms with E-state index in [0.29, 0.717) is 0 Å². The highest BCUT2D eigenvalue weighted by Crippen LogP contribution is 2.30. The van der Waals surface area contributed by atoms with Gasteiger partial charge in [0.2, 0.25) is 0 Å². The van der Waals surface area contributed by atoms with Crippen molar-refractivity contribution in [2.24, 2.45) is 10.2 Å². The minimum atomic E-state index is 0.856. The van der Waals surface area contributed by atoms with Gasteiger partial charge >= 0.3 is 0 Å². The summed E-state index contributed by atoms with van der Waals surface area (Å²) < 4.78 is 0. The maximum atomic E-state index is 4.31. The van der Waals surface area contributed by atoms with E-state index in [0.717, 1.165) is 23.4 Å². The van der Waals surface area contributed by atoms with Gasteiger partial charge in [0.25, 0.3) is 0 Å². The molecular formula is C10H7N3. The third-order valence-electron chi connectivity index (χ3n) is 2.28. The number of pyridine rings is 1. The van der Waals surface area contributed by atoms with Crippen molar-refractivity contribution in [3.63, 3.8) is 0 Å². The first kappa shape index (κ1) is 6.71. The third-order valence-corrected chi connectivity index (χ3v) is 2.28. The molecule has 0 unspecified atom stereocenters. The molecular weight excluding hydrogens is 162 g/mol. The molecule has 3 rings (SSSR count). The van der Waals surface area contributed by atoms with Gasteiger partial charge in [-0.1, -0.05) is 6.07 Å². The predicted octanol–water partition coefficient (Wildman–Crippen LogP) is 2.33. The van der Waals surface area contributed by atoms with Gasteiger partial charge in [-0.2, -0.15) is 10.2 Å². The van der Waals surface area contributed by atoms with Gasteiger partial charge in [-0.15, -0.1) is 0 Å². The lowest BCUT2D eigenvalue weighted by molar-refractivity contribution is 1.03. The van der Waals surface area contributed by atoms with Crippen LogP contribution in [0.4, 0.5) is 0 Å². The maximum absolute atomic E-state index is 4.31. The van der Waals surface area contributed by atoms with E-state index in [9.17, 15) is 0 Å². The van der Waals surface area contributed by atoms with E-state index in [-0.39, 0.29) is 0 Å². The van der Waals surface area contributed by atoms with Crippen LogP contribution in [-0.4, -0.2) is 4.98 Å². The number of hydrogen-bond donors (Lipinski definition) is 0. The Kier molecular flexibility index (Phi) is 1.22. The number of aromatic nitrogens is 1. The summed E-state index contributed by atoms with van der Waals surface area (Å²) in [6.07, 6.45) is 6.52. The molecule has 62 valence electrons. The van der Waals surface area contributed by atoms with E-state index in [1.54, 1.807) is 0 Å². The Morgan fingerprint density at radius 1 is 1.31 bits per heavy atom. The molecule has 3 heteroatoms. The molecule has 0 aromatic carbocycles. The smallest absolute Gasteiger partial charge is 0.0915 e. The van der Waals surface area contributed by atoms with Crippen LogP contribution in [0.25, 0.3) is 6.08 Å². The summed E-state index contributed by atoms with van der Waals surface area (Å²) in [6, 6.07) is 4.00. The van der Waals surface area contributed by atoms with Gasteiger partial charge in [0.05, 0.1) is 17.6 Å². The number of rotatable bonds is 0. The number of fused-ring (bicyclic) bond motifs is 2. The topological polar surface area (TPSA) is 37.6 Å².